The summed E-state index contributed by atoms with van der Waals surface area (Å²) in [6.07, 6.45) is 1.62. The van der Waals surface area contributed by atoms with Crippen LogP contribution in [-0.2, 0) is 13.1 Å². The van der Waals surface area contributed by atoms with E-state index in [2.05, 4.69) is 28.9 Å². The number of nitrogens with one attached hydrogen (secondary N) is 1. The zero-order valence-electron chi connectivity index (χ0n) is 17.9. The lowest BCUT2D eigenvalue weighted by Gasteiger charge is -2.12. The summed E-state index contributed by atoms with van der Waals surface area (Å²) in [6.45, 7) is 5.57. The van der Waals surface area contributed by atoms with Crippen molar-refractivity contribution in [3.63, 3.8) is 0 Å². The first-order chi connectivity index (χ1) is 15.5. The monoisotopic (exact) mass is 443 g/mol. The molecule has 0 aliphatic rings. The van der Waals surface area contributed by atoms with Crippen molar-refractivity contribution in [1.82, 2.24) is 9.13 Å². The molecule has 5 nitrogen and oxygen atoms in total. The number of hydrogen-bond acceptors (Lipinski definition) is 2. The van der Waals surface area contributed by atoms with Crippen molar-refractivity contribution in [2.45, 2.75) is 26.9 Å². The number of fused-ring (bicyclic) bond motifs is 4. The molecular formula is C26H22ClN3O2. The normalized spacial score (nSPS) is 11.5. The molecule has 160 valence electrons. The Hall–Kier alpha value is -3.57. The molecule has 5 rings (SSSR count). The average Bonchev–Trinajstić information content (AvgIpc) is 3.12. The second-order valence-corrected chi connectivity index (χ2v) is 8.20. The molecule has 1 amide bonds. The number of carbonyl (C=O) groups excluding carboxylic acids is 1. The zero-order valence-corrected chi connectivity index (χ0v) is 18.6. The number of halogens is 1. The molecule has 0 aliphatic heterocycles. The van der Waals surface area contributed by atoms with Crippen LogP contribution in [0.15, 0.2) is 71.7 Å². The van der Waals surface area contributed by atoms with Crippen molar-refractivity contribution < 1.29 is 4.79 Å². The fourth-order valence-electron chi connectivity index (χ4n) is 4.46. The highest BCUT2D eigenvalue weighted by atomic mass is 35.5. The lowest BCUT2D eigenvalue weighted by Crippen LogP contribution is -2.23. The van der Waals surface area contributed by atoms with Gasteiger partial charge in [-0.2, -0.15) is 0 Å². The second kappa shape index (κ2) is 7.84. The number of para-hydroxylation sites is 1. The lowest BCUT2D eigenvalue weighted by molar-refractivity contribution is 0.102. The molecule has 0 saturated heterocycles. The molecule has 0 bridgehead atoms. The van der Waals surface area contributed by atoms with Crippen LogP contribution >= 0.6 is 11.6 Å². The van der Waals surface area contributed by atoms with Gasteiger partial charge in [0, 0.05) is 57.2 Å². The maximum atomic E-state index is 13.1. The largest absolute Gasteiger partial charge is 0.347 e. The van der Waals surface area contributed by atoms with Gasteiger partial charge in [-0.1, -0.05) is 29.8 Å². The molecule has 3 aromatic carbocycles. The van der Waals surface area contributed by atoms with Crippen molar-refractivity contribution >= 4 is 55.9 Å². The minimum atomic E-state index is -0.433. The number of nitrogens with zero attached hydrogens (tertiary/aromatic N) is 2. The number of anilines is 1. The molecule has 0 atom stereocenters. The Bertz CT molecular complexity index is 1580. The maximum absolute atomic E-state index is 13.1. The summed E-state index contributed by atoms with van der Waals surface area (Å²) in [5, 5.41) is 6.02. The standard InChI is InChI=1S/C26H22ClN3O2/c1-3-29-15-21(25(31)20-13-16(27)9-11-22(20)29)26(32)28-17-10-12-24-19(14-17)18-7-5-6-8-23(18)30(24)4-2/h5-15H,3-4H2,1-2H3,(H,28,32). The van der Waals surface area contributed by atoms with E-state index in [0.29, 0.717) is 22.6 Å². The first kappa shape index (κ1) is 20.3. The summed E-state index contributed by atoms with van der Waals surface area (Å²) in [7, 11) is 0. The van der Waals surface area contributed by atoms with E-state index in [0.717, 1.165) is 33.9 Å². The van der Waals surface area contributed by atoms with Crippen LogP contribution in [0.25, 0.3) is 32.7 Å². The Kier molecular flexibility index (Phi) is 4.98. The van der Waals surface area contributed by atoms with Gasteiger partial charge in [0.05, 0.1) is 5.52 Å². The number of hydrogen-bond donors (Lipinski definition) is 1. The van der Waals surface area contributed by atoms with Gasteiger partial charge in [0.15, 0.2) is 0 Å². The van der Waals surface area contributed by atoms with Crippen molar-refractivity contribution in [3.8, 4) is 0 Å². The van der Waals surface area contributed by atoms with Gasteiger partial charge in [-0.25, -0.2) is 0 Å². The smallest absolute Gasteiger partial charge is 0.261 e. The van der Waals surface area contributed by atoms with Crippen molar-refractivity contribution in [1.29, 1.82) is 0 Å². The quantitative estimate of drug-likeness (QED) is 0.367. The number of amides is 1. The Morgan fingerprint density at radius 1 is 0.875 bits per heavy atom. The van der Waals surface area contributed by atoms with Gasteiger partial charge in [0.25, 0.3) is 5.91 Å². The van der Waals surface area contributed by atoms with Crippen LogP contribution in [-0.4, -0.2) is 15.0 Å². The molecular weight excluding hydrogens is 422 g/mol. The Morgan fingerprint density at radius 2 is 1.62 bits per heavy atom. The SMILES string of the molecule is CCn1cc(C(=O)Nc2ccc3c(c2)c2ccccc2n3CC)c(=O)c2cc(Cl)ccc21. The van der Waals surface area contributed by atoms with Gasteiger partial charge in [-0.05, 0) is 56.3 Å². The predicted octanol–water partition coefficient (Wildman–Crippen LogP) is 6.05. The first-order valence-corrected chi connectivity index (χ1v) is 11.0. The summed E-state index contributed by atoms with van der Waals surface area (Å²) in [5.41, 5.74) is 3.44. The van der Waals surface area contributed by atoms with E-state index < -0.39 is 5.91 Å². The first-order valence-electron chi connectivity index (χ1n) is 10.7. The molecule has 0 saturated carbocycles. The Labute approximate surface area is 189 Å². The van der Waals surface area contributed by atoms with E-state index >= 15 is 0 Å². The van der Waals surface area contributed by atoms with Crippen LogP contribution in [0.5, 0.6) is 0 Å². The van der Waals surface area contributed by atoms with E-state index in [9.17, 15) is 9.59 Å². The van der Waals surface area contributed by atoms with Crippen LogP contribution in [0.3, 0.4) is 0 Å². The highest BCUT2D eigenvalue weighted by Crippen LogP contribution is 2.31. The number of aromatic nitrogens is 2. The fraction of sp³-hybridized carbons (Fsp3) is 0.154. The van der Waals surface area contributed by atoms with Gasteiger partial charge < -0.3 is 14.5 Å². The summed E-state index contributed by atoms with van der Waals surface area (Å²) < 4.78 is 4.14. The topological polar surface area (TPSA) is 56.0 Å². The van der Waals surface area contributed by atoms with Gasteiger partial charge >= 0.3 is 0 Å². The number of aryl methyl sites for hydroxylation is 2. The zero-order chi connectivity index (χ0) is 22.4. The summed E-state index contributed by atoms with van der Waals surface area (Å²) in [6, 6.07) is 19.3. The van der Waals surface area contributed by atoms with Crippen LogP contribution in [0, 0.1) is 0 Å². The fourth-order valence-corrected chi connectivity index (χ4v) is 4.64. The minimum Gasteiger partial charge on any atom is -0.347 e. The predicted molar refractivity (Wildman–Crippen MR) is 132 cm³/mol. The third-order valence-electron chi connectivity index (χ3n) is 5.97. The van der Waals surface area contributed by atoms with Crippen molar-refractivity contribution in [2.75, 3.05) is 5.32 Å². The molecule has 1 N–H and O–H groups in total. The molecule has 0 fully saturated rings. The van der Waals surface area contributed by atoms with Crippen molar-refractivity contribution in [2.24, 2.45) is 0 Å². The lowest BCUT2D eigenvalue weighted by atomic mass is 10.1. The van der Waals surface area contributed by atoms with E-state index in [4.69, 9.17) is 11.6 Å². The highest BCUT2D eigenvalue weighted by Gasteiger charge is 2.17. The summed E-state index contributed by atoms with van der Waals surface area (Å²) >= 11 is 6.11. The molecule has 32 heavy (non-hydrogen) atoms. The van der Waals surface area contributed by atoms with Gasteiger partial charge in [-0.15, -0.1) is 0 Å². The molecule has 0 spiro atoms. The van der Waals surface area contributed by atoms with Gasteiger partial charge in [0.1, 0.15) is 5.56 Å². The van der Waals surface area contributed by atoms with E-state index in [1.54, 1.807) is 18.3 Å². The van der Waals surface area contributed by atoms with E-state index in [-0.39, 0.29) is 11.0 Å². The molecule has 0 radical (unpaired) electrons. The second-order valence-electron chi connectivity index (χ2n) is 7.77. The molecule has 2 heterocycles. The van der Waals surface area contributed by atoms with Crippen LogP contribution < -0.4 is 10.7 Å². The Morgan fingerprint density at radius 3 is 2.41 bits per heavy atom. The van der Waals surface area contributed by atoms with Crippen LogP contribution in [0.4, 0.5) is 5.69 Å². The third kappa shape index (κ3) is 3.17. The van der Waals surface area contributed by atoms with Crippen LogP contribution in [0.2, 0.25) is 5.02 Å². The summed E-state index contributed by atoms with van der Waals surface area (Å²) in [4.78, 5) is 26.2. The molecule has 6 heteroatoms. The van der Waals surface area contributed by atoms with Gasteiger partial charge in [-0.3, -0.25) is 9.59 Å². The number of pyridine rings is 1. The number of benzene rings is 3. The van der Waals surface area contributed by atoms with Gasteiger partial charge in [0.2, 0.25) is 5.43 Å². The van der Waals surface area contributed by atoms with E-state index in [1.807, 2.05) is 47.9 Å². The summed E-state index contributed by atoms with van der Waals surface area (Å²) in [5.74, 6) is -0.433. The van der Waals surface area contributed by atoms with E-state index in [1.165, 1.54) is 0 Å². The third-order valence-corrected chi connectivity index (χ3v) is 6.21. The maximum Gasteiger partial charge on any atom is 0.261 e. The Balaban J connectivity index is 1.59. The van der Waals surface area contributed by atoms with Crippen LogP contribution in [0.1, 0.15) is 24.2 Å². The average molecular weight is 444 g/mol. The highest BCUT2D eigenvalue weighted by molar-refractivity contribution is 6.31. The van der Waals surface area contributed by atoms with Crippen molar-refractivity contribution in [3.05, 3.63) is 87.7 Å². The molecule has 2 aromatic heterocycles. The number of rotatable bonds is 4. The number of carbonyl (C=O) groups is 1. The molecule has 5 aromatic rings. The minimum absolute atomic E-state index is 0.0951. The molecule has 0 aliphatic carbocycles. The molecule has 0 unspecified atom stereocenters.